The molecule has 4 saturated carbocycles. The fourth-order valence-electron chi connectivity index (χ4n) is 14.6. The molecule has 356 valence electrons. The van der Waals surface area contributed by atoms with E-state index in [9.17, 15) is 46.0 Å². The van der Waals surface area contributed by atoms with Crippen molar-refractivity contribution >= 4 is 0 Å². The van der Waals surface area contributed by atoms with Crippen LogP contribution in [0.25, 0.3) is 0 Å². The van der Waals surface area contributed by atoms with Gasteiger partial charge in [-0.3, -0.25) is 0 Å². The maximum Gasteiger partial charge on any atom is 0.187 e. The van der Waals surface area contributed by atoms with Gasteiger partial charge in [-0.1, -0.05) is 27.7 Å². The lowest BCUT2D eigenvalue weighted by Gasteiger charge is -2.61. The fraction of sp³-hybridized carbons (Fsp3) is 1.00. The van der Waals surface area contributed by atoms with Crippen LogP contribution >= 0.6 is 0 Å². The molecule has 5 heterocycles. The Kier molecular flexibility index (Phi) is 13.1. The highest BCUT2D eigenvalue weighted by Gasteiger charge is 2.69. The first-order valence-corrected chi connectivity index (χ1v) is 23.7. The normalized spacial score (nSPS) is 58.9. The second kappa shape index (κ2) is 17.4. The Morgan fingerprint density at radius 3 is 1.94 bits per heavy atom. The van der Waals surface area contributed by atoms with Crippen molar-refractivity contribution < 1.29 is 83.9 Å². The van der Waals surface area contributed by atoms with E-state index in [-0.39, 0.29) is 23.0 Å². The predicted molar refractivity (Wildman–Crippen MR) is 214 cm³/mol. The molecule has 0 radical (unpaired) electrons. The van der Waals surface area contributed by atoms with Gasteiger partial charge in [0.25, 0.3) is 0 Å². The van der Waals surface area contributed by atoms with E-state index in [0.717, 1.165) is 51.6 Å². The number of aliphatic hydroxyl groups excluding tert-OH is 9. The van der Waals surface area contributed by atoms with Gasteiger partial charge in [-0.15, -0.1) is 0 Å². The molecule has 17 heteroatoms. The van der Waals surface area contributed by atoms with Crippen molar-refractivity contribution in [2.75, 3.05) is 19.8 Å². The largest absolute Gasteiger partial charge is 0.394 e. The molecular weight excluding hydrogens is 812 g/mol. The first-order valence-electron chi connectivity index (χ1n) is 23.7. The van der Waals surface area contributed by atoms with Crippen molar-refractivity contribution in [2.24, 2.45) is 52.3 Å². The number of aliphatic hydroxyl groups is 9. The van der Waals surface area contributed by atoms with Crippen LogP contribution in [0.2, 0.25) is 0 Å². The molecule has 5 saturated heterocycles. The van der Waals surface area contributed by atoms with Gasteiger partial charge in [-0.2, -0.15) is 0 Å². The second-order valence-corrected chi connectivity index (χ2v) is 21.5. The molecule has 9 rings (SSSR count). The Labute approximate surface area is 364 Å². The zero-order chi connectivity index (χ0) is 44.2. The van der Waals surface area contributed by atoms with Gasteiger partial charge in [0.2, 0.25) is 0 Å². The van der Waals surface area contributed by atoms with Crippen LogP contribution in [-0.4, -0.2) is 176 Å². The van der Waals surface area contributed by atoms with Crippen LogP contribution in [0.3, 0.4) is 0 Å². The number of rotatable bonds is 8. The molecule has 17 nitrogen and oxygen atoms in total. The summed E-state index contributed by atoms with van der Waals surface area (Å²) in [4.78, 5) is 0. The topological polar surface area (TPSA) is 256 Å². The first-order chi connectivity index (χ1) is 29.4. The molecule has 9 aliphatic rings. The Morgan fingerprint density at radius 1 is 0.581 bits per heavy atom. The fourth-order valence-corrected chi connectivity index (χ4v) is 14.6. The average Bonchev–Trinajstić information content (AvgIpc) is 3.70. The third-order valence-electron chi connectivity index (χ3n) is 18.2. The first kappa shape index (κ1) is 46.4. The number of hydrogen-bond acceptors (Lipinski definition) is 17. The number of hydrogen-bond donors (Lipinski definition) is 9. The Morgan fingerprint density at radius 2 is 1.24 bits per heavy atom. The van der Waals surface area contributed by atoms with Crippen molar-refractivity contribution in [1.29, 1.82) is 0 Å². The monoisotopic (exact) mass is 886 g/mol. The molecular formula is C45H74O17. The van der Waals surface area contributed by atoms with E-state index < -0.39 is 111 Å². The predicted octanol–water partition coefficient (Wildman–Crippen LogP) is 0.294. The summed E-state index contributed by atoms with van der Waals surface area (Å²) in [5.74, 6) is 3.15. The van der Waals surface area contributed by atoms with Crippen LogP contribution in [0, 0.1) is 52.3 Å². The third kappa shape index (κ3) is 7.56. The summed E-state index contributed by atoms with van der Waals surface area (Å²) in [5, 5.41) is 95.9. The standard InChI is InChI=1S/C45H74O17/c1-19-8-13-45(55-18-19)20(2)30-27(62-45)15-26-24-7-6-22-14-23(9-11-43(22,4)25(24)10-12-44(26,30)5)57-42-39(61-41-36(53)34(51)32(49)28(16-46)58-41)37(54)38(29(17-47)59-42)60-40-35(52)33(50)31(48)21(3)56-40/h19-42,46-54H,6-18H2,1-5H3/t19-,20-,21-,22+,23-,24+,25-,26-,27-,28+,29+,30-,31-,32+,33+,34-,35+,36+,37-,38+,39+,40-,41-,42+,43-,44-,45+/m0/s1. The highest BCUT2D eigenvalue weighted by Crippen LogP contribution is 2.71. The van der Waals surface area contributed by atoms with Gasteiger partial charge in [0.1, 0.15) is 67.1 Å². The minimum Gasteiger partial charge on any atom is -0.394 e. The minimum atomic E-state index is -1.81. The minimum absolute atomic E-state index is 0.0972. The summed E-state index contributed by atoms with van der Waals surface area (Å²) in [6.45, 7) is 10.6. The maximum absolute atomic E-state index is 12.0. The van der Waals surface area contributed by atoms with Crippen molar-refractivity contribution in [3.05, 3.63) is 0 Å². The van der Waals surface area contributed by atoms with E-state index in [2.05, 4.69) is 27.7 Å². The Hall–Kier alpha value is -0.680. The molecule has 9 N–H and O–H groups in total. The molecule has 0 aromatic rings. The average molecular weight is 887 g/mol. The van der Waals surface area contributed by atoms with Crippen molar-refractivity contribution in [1.82, 2.24) is 0 Å². The van der Waals surface area contributed by atoms with Gasteiger partial charge in [0, 0.05) is 12.3 Å². The molecule has 0 bridgehead atoms. The van der Waals surface area contributed by atoms with E-state index in [4.69, 9.17) is 37.9 Å². The van der Waals surface area contributed by atoms with Gasteiger partial charge in [0.15, 0.2) is 24.7 Å². The maximum atomic E-state index is 12.0. The lowest BCUT2D eigenvalue weighted by molar-refractivity contribution is -0.391. The zero-order valence-corrected chi connectivity index (χ0v) is 36.8. The molecule has 0 amide bonds. The van der Waals surface area contributed by atoms with Crippen LogP contribution in [0.1, 0.15) is 98.8 Å². The van der Waals surface area contributed by atoms with Crippen LogP contribution in [-0.2, 0) is 37.9 Å². The SMILES string of the molecule is C[C@H]1CC[C@@]2(OC1)O[C@H]1C[C@H]3[C@@H]4CC[C@@H]5C[C@@H](O[C@@H]6O[C@H](CO)[C@@H](O[C@@H]7O[C@@H](C)[C@H](O)[C@@H](O)[C@H]7O)[C@H](O)[C@H]6O[C@@H]6O[C@H](CO)[C@@H](O)[C@H](O)[C@H]6O)CC[C@]5(C)[C@H]4CC[C@]3(C)[C@H]1[C@@H]2C. The van der Waals surface area contributed by atoms with Gasteiger partial charge >= 0.3 is 0 Å². The quantitative estimate of drug-likeness (QED) is 0.149. The Balaban J connectivity index is 0.902. The zero-order valence-electron chi connectivity index (χ0n) is 36.8. The van der Waals surface area contributed by atoms with Gasteiger partial charge < -0.3 is 83.9 Å². The summed E-state index contributed by atoms with van der Waals surface area (Å²) in [7, 11) is 0. The summed E-state index contributed by atoms with van der Waals surface area (Å²) in [5.41, 5.74) is 0.311. The highest BCUT2D eigenvalue weighted by atomic mass is 16.8. The lowest BCUT2D eigenvalue weighted by atomic mass is 9.44. The molecule has 0 aromatic carbocycles. The van der Waals surface area contributed by atoms with E-state index >= 15 is 0 Å². The molecule has 0 aromatic heterocycles. The molecule has 1 spiro atoms. The van der Waals surface area contributed by atoms with Crippen LogP contribution in [0.4, 0.5) is 0 Å². The van der Waals surface area contributed by atoms with E-state index in [1.54, 1.807) is 0 Å². The van der Waals surface area contributed by atoms with Crippen LogP contribution < -0.4 is 0 Å². The van der Waals surface area contributed by atoms with Crippen molar-refractivity contribution in [2.45, 2.75) is 209 Å². The number of fused-ring (bicyclic) bond motifs is 7. The molecule has 27 atom stereocenters. The van der Waals surface area contributed by atoms with Crippen LogP contribution in [0.15, 0.2) is 0 Å². The Bertz CT molecular complexity index is 1550. The smallest absolute Gasteiger partial charge is 0.187 e. The van der Waals surface area contributed by atoms with Crippen molar-refractivity contribution in [3.63, 3.8) is 0 Å². The summed E-state index contributed by atoms with van der Waals surface area (Å²) in [6.07, 6.45) is -12.7. The van der Waals surface area contributed by atoms with E-state index in [0.29, 0.717) is 47.8 Å². The van der Waals surface area contributed by atoms with E-state index in [1.807, 2.05) is 0 Å². The molecule has 4 aliphatic carbocycles. The highest BCUT2D eigenvalue weighted by molar-refractivity contribution is 5.15. The molecule has 62 heavy (non-hydrogen) atoms. The summed E-state index contributed by atoms with van der Waals surface area (Å²) >= 11 is 0. The summed E-state index contributed by atoms with van der Waals surface area (Å²) < 4.78 is 50.0. The number of ether oxygens (including phenoxy) is 8. The third-order valence-corrected chi connectivity index (χ3v) is 18.2. The van der Waals surface area contributed by atoms with Crippen molar-refractivity contribution in [3.8, 4) is 0 Å². The van der Waals surface area contributed by atoms with Crippen LogP contribution in [0.5, 0.6) is 0 Å². The van der Waals surface area contributed by atoms with E-state index in [1.165, 1.54) is 19.8 Å². The molecule has 9 fully saturated rings. The lowest BCUT2D eigenvalue weighted by Crippen LogP contribution is -2.67. The summed E-state index contributed by atoms with van der Waals surface area (Å²) in [6, 6.07) is 0. The van der Waals surface area contributed by atoms with Gasteiger partial charge in [-0.05, 0) is 111 Å². The second-order valence-electron chi connectivity index (χ2n) is 21.5. The molecule has 0 unspecified atom stereocenters. The van der Waals surface area contributed by atoms with Gasteiger partial charge in [-0.25, -0.2) is 0 Å². The molecule has 5 aliphatic heterocycles. The van der Waals surface area contributed by atoms with Gasteiger partial charge in [0.05, 0.1) is 38.1 Å².